The number of fused-ring (bicyclic) bond motifs is 3. The van der Waals surface area contributed by atoms with Crippen molar-refractivity contribution in [3.05, 3.63) is 246 Å². The maximum Gasteiger partial charge on any atom is 0.133 e. The van der Waals surface area contributed by atoms with Crippen LogP contribution in [0, 0.1) is 0 Å². The summed E-state index contributed by atoms with van der Waals surface area (Å²) in [5, 5.41) is 10.2. The lowest BCUT2D eigenvalue weighted by atomic mass is 9.83. The summed E-state index contributed by atoms with van der Waals surface area (Å²) in [6.07, 6.45) is 4.64. The Morgan fingerprint density at radius 2 is 1.02 bits per heavy atom. The smallest absolute Gasteiger partial charge is 0.133 e. The molecular formula is C53H39N3. The van der Waals surface area contributed by atoms with Crippen LogP contribution in [-0.2, 0) is 0 Å². The van der Waals surface area contributed by atoms with Crippen LogP contribution in [-0.4, -0.2) is 5.84 Å². The minimum absolute atomic E-state index is 0.00244. The summed E-state index contributed by atoms with van der Waals surface area (Å²) in [7, 11) is 0. The lowest BCUT2D eigenvalue weighted by molar-refractivity contribution is 0.881. The first-order chi connectivity index (χ1) is 27.7. The van der Waals surface area contributed by atoms with E-state index in [0.29, 0.717) is 0 Å². The van der Waals surface area contributed by atoms with E-state index in [1.165, 1.54) is 44.2 Å². The molecule has 266 valence electrons. The molecule has 0 aromatic heterocycles. The lowest BCUT2D eigenvalue weighted by Crippen LogP contribution is -2.27. The van der Waals surface area contributed by atoms with Crippen molar-refractivity contribution in [2.45, 2.75) is 12.1 Å². The molecule has 0 amide bonds. The first kappa shape index (κ1) is 33.3. The molecule has 2 unspecified atom stereocenters. The third kappa shape index (κ3) is 6.40. The van der Waals surface area contributed by atoms with Crippen LogP contribution in [0.25, 0.3) is 44.3 Å². The second-order valence-electron chi connectivity index (χ2n) is 14.4. The largest absolute Gasteiger partial charge is 0.374 e. The fourth-order valence-electron chi connectivity index (χ4n) is 8.16. The summed E-state index contributed by atoms with van der Waals surface area (Å²) in [5.74, 6) is 0.845. The highest BCUT2D eigenvalue weighted by molar-refractivity contribution is 6.10. The summed E-state index contributed by atoms with van der Waals surface area (Å²) < 4.78 is 0. The van der Waals surface area contributed by atoms with Gasteiger partial charge in [-0.25, -0.2) is 0 Å². The third-order valence-electron chi connectivity index (χ3n) is 10.9. The molecule has 56 heavy (non-hydrogen) atoms. The van der Waals surface area contributed by atoms with Gasteiger partial charge in [0.05, 0.1) is 17.8 Å². The molecule has 0 fully saturated rings. The van der Waals surface area contributed by atoms with E-state index in [9.17, 15) is 0 Å². The zero-order valence-electron chi connectivity index (χ0n) is 30.8. The summed E-state index contributed by atoms with van der Waals surface area (Å²) in [4.78, 5) is 5.41. The molecule has 0 aliphatic carbocycles. The molecule has 2 aliphatic heterocycles. The van der Waals surface area contributed by atoms with E-state index in [2.05, 4.69) is 223 Å². The van der Waals surface area contributed by atoms with Gasteiger partial charge in [0.15, 0.2) is 0 Å². The van der Waals surface area contributed by atoms with Gasteiger partial charge in [0.25, 0.3) is 0 Å². The van der Waals surface area contributed by atoms with Crippen molar-refractivity contribution in [2.75, 3.05) is 5.32 Å². The number of rotatable bonds is 7. The highest BCUT2D eigenvalue weighted by atomic mass is 15.0. The van der Waals surface area contributed by atoms with Crippen LogP contribution in [0.1, 0.15) is 45.5 Å². The fourth-order valence-corrected chi connectivity index (χ4v) is 8.16. The maximum atomic E-state index is 5.41. The zero-order valence-corrected chi connectivity index (χ0v) is 30.8. The third-order valence-corrected chi connectivity index (χ3v) is 10.9. The van der Waals surface area contributed by atoms with Gasteiger partial charge in [-0.15, -0.1) is 0 Å². The predicted octanol–water partition coefficient (Wildman–Crippen LogP) is 12.9. The molecule has 0 bridgehead atoms. The van der Waals surface area contributed by atoms with Gasteiger partial charge in [0.1, 0.15) is 5.84 Å². The summed E-state index contributed by atoms with van der Waals surface area (Å²) in [5.41, 5.74) is 15.0. The average Bonchev–Trinajstić information content (AvgIpc) is 3.29. The molecule has 8 aromatic rings. The first-order valence-electron chi connectivity index (χ1n) is 19.3. The van der Waals surface area contributed by atoms with Gasteiger partial charge >= 0.3 is 0 Å². The highest BCUT2D eigenvalue weighted by Crippen LogP contribution is 2.47. The van der Waals surface area contributed by atoms with Gasteiger partial charge in [0, 0.05) is 22.4 Å². The maximum absolute atomic E-state index is 5.41. The van der Waals surface area contributed by atoms with E-state index in [1.54, 1.807) is 0 Å². The second-order valence-corrected chi connectivity index (χ2v) is 14.4. The van der Waals surface area contributed by atoms with Crippen LogP contribution in [0.4, 0.5) is 5.69 Å². The number of nitrogens with one attached hydrogen (secondary N) is 2. The van der Waals surface area contributed by atoms with E-state index < -0.39 is 0 Å². The summed E-state index contributed by atoms with van der Waals surface area (Å²) in [6, 6.07) is 71.2. The monoisotopic (exact) mass is 717 g/mol. The van der Waals surface area contributed by atoms with Crippen molar-refractivity contribution in [3.8, 4) is 22.3 Å². The van der Waals surface area contributed by atoms with Crippen LogP contribution in [0.5, 0.6) is 0 Å². The lowest BCUT2D eigenvalue weighted by Gasteiger charge is -2.31. The zero-order chi connectivity index (χ0) is 37.3. The van der Waals surface area contributed by atoms with E-state index in [-0.39, 0.29) is 12.1 Å². The van der Waals surface area contributed by atoms with E-state index in [0.717, 1.165) is 45.0 Å². The number of nitrogens with zero attached hydrogens (tertiary/aromatic N) is 1. The minimum atomic E-state index is -0.172. The summed E-state index contributed by atoms with van der Waals surface area (Å²) >= 11 is 0. The Hall–Kier alpha value is -7.23. The molecular weight excluding hydrogens is 679 g/mol. The molecule has 2 atom stereocenters. The van der Waals surface area contributed by atoms with E-state index in [1.807, 2.05) is 0 Å². The van der Waals surface area contributed by atoms with Gasteiger partial charge in [-0.05, 0) is 85.6 Å². The molecule has 3 nitrogen and oxygen atoms in total. The van der Waals surface area contributed by atoms with Crippen LogP contribution in [0.15, 0.2) is 217 Å². The van der Waals surface area contributed by atoms with Crippen molar-refractivity contribution >= 4 is 33.6 Å². The van der Waals surface area contributed by atoms with Crippen molar-refractivity contribution in [3.63, 3.8) is 0 Å². The Morgan fingerprint density at radius 1 is 0.429 bits per heavy atom. The van der Waals surface area contributed by atoms with Crippen LogP contribution in [0.2, 0.25) is 0 Å². The van der Waals surface area contributed by atoms with Crippen molar-refractivity contribution in [1.82, 2.24) is 5.32 Å². The molecule has 0 radical (unpaired) electrons. The Morgan fingerprint density at radius 3 is 1.79 bits per heavy atom. The number of hydrogen-bond acceptors (Lipinski definition) is 3. The Balaban J connectivity index is 1.12. The van der Waals surface area contributed by atoms with Crippen LogP contribution >= 0.6 is 0 Å². The molecule has 10 rings (SSSR count). The molecule has 3 heteroatoms. The number of hydrogen-bond donors (Lipinski definition) is 2. The Labute approximate surface area is 328 Å². The van der Waals surface area contributed by atoms with Crippen molar-refractivity contribution in [2.24, 2.45) is 4.99 Å². The van der Waals surface area contributed by atoms with Crippen LogP contribution in [0.3, 0.4) is 0 Å². The molecule has 2 aliphatic rings. The quantitative estimate of drug-likeness (QED) is 0.172. The van der Waals surface area contributed by atoms with Gasteiger partial charge in [-0.2, -0.15) is 0 Å². The molecule has 0 saturated carbocycles. The average molecular weight is 718 g/mol. The van der Waals surface area contributed by atoms with E-state index in [4.69, 9.17) is 4.99 Å². The second kappa shape index (κ2) is 14.5. The predicted molar refractivity (Wildman–Crippen MR) is 234 cm³/mol. The molecule has 0 saturated heterocycles. The number of amidine groups is 1. The molecule has 2 heterocycles. The minimum Gasteiger partial charge on any atom is -0.374 e. The molecule has 2 N–H and O–H groups in total. The van der Waals surface area contributed by atoms with Gasteiger partial charge < -0.3 is 10.6 Å². The summed E-state index contributed by atoms with van der Waals surface area (Å²) in [6.45, 7) is 0. The van der Waals surface area contributed by atoms with Gasteiger partial charge in [-0.1, -0.05) is 182 Å². The van der Waals surface area contributed by atoms with E-state index >= 15 is 0 Å². The SMILES string of the molecule is C1=C(c2ccccc2)NC(c2cccc(-c3cc4ccccc4c4c3NC(c3ccccc3)C=C4c3ccccc3)c2)=NC1c1cccc(-c2ccccc2)c1. The fraction of sp³-hybridized carbons (Fsp3) is 0.0377. The topological polar surface area (TPSA) is 36.4 Å². The Kier molecular flexibility index (Phi) is 8.66. The number of anilines is 1. The van der Waals surface area contributed by atoms with Gasteiger partial charge in [0.2, 0.25) is 0 Å². The number of benzene rings is 8. The van der Waals surface area contributed by atoms with Gasteiger partial charge in [-0.3, -0.25) is 4.99 Å². The Bertz CT molecular complexity index is 2790. The first-order valence-corrected chi connectivity index (χ1v) is 19.3. The number of aliphatic imine (C=N–C) groups is 1. The molecule has 8 aromatic carbocycles. The standard InChI is InChI=1S/C53H39N3/c1-5-17-36(18-6-1)40-26-15-28-43(31-40)50-35-49(39-23-11-4-12-24-39)55-53(56-50)44-29-16-27-41(32-44)47-33-42-25-13-14-30-45(42)51-46(37-19-7-2-8-20-37)34-48(54-52(47)51)38-21-9-3-10-22-38/h1-35,48,50,54H,(H,55,56). The van der Waals surface area contributed by atoms with Crippen molar-refractivity contribution < 1.29 is 0 Å². The highest BCUT2D eigenvalue weighted by Gasteiger charge is 2.27. The van der Waals surface area contributed by atoms with Crippen LogP contribution < -0.4 is 10.6 Å². The van der Waals surface area contributed by atoms with Crippen molar-refractivity contribution in [1.29, 1.82) is 0 Å². The molecule has 0 spiro atoms. The normalized spacial score (nSPS) is 16.1.